The number of esters is 1. The number of carbonyl (C=O) groups is 3. The SMILES string of the molecule is C=C1CC[C@@](C)([C@H](C)CC(=O)C[C@@H](C)C(=O)OC)[C@]12CCC1=C2CC[C@H]2C(C)(C)C(=O)CC[C@]12C. The molecule has 0 unspecified atom stereocenters. The van der Waals surface area contributed by atoms with Crippen LogP contribution in [-0.2, 0) is 19.1 Å². The summed E-state index contributed by atoms with van der Waals surface area (Å²) in [5.74, 6) is 0.492. The van der Waals surface area contributed by atoms with Crippen molar-refractivity contribution in [2.75, 3.05) is 7.11 Å². The maximum Gasteiger partial charge on any atom is 0.308 e. The maximum absolute atomic E-state index is 13.0. The number of hydrogen-bond acceptors (Lipinski definition) is 4. The molecular formula is C31H46O4. The minimum Gasteiger partial charge on any atom is -0.469 e. The summed E-state index contributed by atoms with van der Waals surface area (Å²) < 4.78 is 4.83. The first-order valence-electron chi connectivity index (χ1n) is 13.8. The van der Waals surface area contributed by atoms with Crippen LogP contribution in [0.15, 0.2) is 23.3 Å². The van der Waals surface area contributed by atoms with Crippen molar-refractivity contribution in [2.45, 2.75) is 106 Å². The first-order valence-corrected chi connectivity index (χ1v) is 13.8. The molecule has 4 nitrogen and oxygen atoms in total. The predicted octanol–water partition coefficient (Wildman–Crippen LogP) is 7.02. The van der Waals surface area contributed by atoms with Crippen molar-refractivity contribution in [1.29, 1.82) is 0 Å². The summed E-state index contributed by atoms with van der Waals surface area (Å²) in [5.41, 5.74) is 4.39. The fraction of sp³-hybridized carbons (Fsp3) is 0.774. The average Bonchev–Trinajstić information content (AvgIpc) is 3.32. The minimum absolute atomic E-state index is 0.0193. The summed E-state index contributed by atoms with van der Waals surface area (Å²) >= 11 is 0. The van der Waals surface area contributed by atoms with Crippen molar-refractivity contribution in [1.82, 2.24) is 0 Å². The van der Waals surface area contributed by atoms with Gasteiger partial charge < -0.3 is 4.74 Å². The number of carbonyl (C=O) groups excluding carboxylic acids is 3. The number of Topliss-reactive ketones (excluding diaryl/α,β-unsaturated/α-hetero) is 2. The number of hydrogen-bond donors (Lipinski definition) is 0. The van der Waals surface area contributed by atoms with Gasteiger partial charge in [0.05, 0.1) is 13.0 Å². The minimum atomic E-state index is -0.395. The number of rotatable bonds is 6. The first kappa shape index (κ1) is 26.4. The molecule has 0 aromatic heterocycles. The van der Waals surface area contributed by atoms with E-state index in [2.05, 4.69) is 41.2 Å². The van der Waals surface area contributed by atoms with Crippen LogP contribution in [0.25, 0.3) is 0 Å². The van der Waals surface area contributed by atoms with Gasteiger partial charge in [0, 0.05) is 30.1 Å². The van der Waals surface area contributed by atoms with Crippen molar-refractivity contribution < 1.29 is 19.1 Å². The molecule has 6 atom stereocenters. The van der Waals surface area contributed by atoms with Gasteiger partial charge in [-0.3, -0.25) is 14.4 Å². The molecule has 0 heterocycles. The third-order valence-corrected chi connectivity index (χ3v) is 11.5. The molecule has 2 saturated carbocycles. The number of methoxy groups -OCH3 is 1. The highest BCUT2D eigenvalue weighted by molar-refractivity contribution is 5.86. The highest BCUT2D eigenvalue weighted by Crippen LogP contribution is 2.73. The number of allylic oxidation sites excluding steroid dienone is 3. The van der Waals surface area contributed by atoms with Crippen molar-refractivity contribution in [3.63, 3.8) is 0 Å². The van der Waals surface area contributed by atoms with E-state index in [1.807, 2.05) is 0 Å². The Kier molecular flexibility index (Phi) is 6.55. The van der Waals surface area contributed by atoms with Gasteiger partial charge in [-0.2, -0.15) is 0 Å². The van der Waals surface area contributed by atoms with Gasteiger partial charge in [0.2, 0.25) is 0 Å². The zero-order chi connectivity index (χ0) is 26.0. The zero-order valence-corrected chi connectivity index (χ0v) is 23.1. The topological polar surface area (TPSA) is 60.4 Å². The standard InChI is InChI=1S/C31H46O4/c1-19(27(34)35-8)17-22(32)18-21(3)30(7)15-11-20(2)31(30)16-12-23-24(31)9-10-25-28(4,5)26(33)13-14-29(23,25)6/h19,21,25H,2,9-18H2,1,3-8H3/t19-,21-,25+,29-,30+,31-/m1/s1. The Hall–Kier alpha value is -1.71. The molecule has 35 heavy (non-hydrogen) atoms. The van der Waals surface area contributed by atoms with Crippen molar-refractivity contribution in [3.8, 4) is 0 Å². The van der Waals surface area contributed by atoms with Crippen LogP contribution in [0.3, 0.4) is 0 Å². The second kappa shape index (κ2) is 8.70. The van der Waals surface area contributed by atoms with E-state index >= 15 is 0 Å². The number of ketones is 2. The summed E-state index contributed by atoms with van der Waals surface area (Å²) in [7, 11) is 1.38. The smallest absolute Gasteiger partial charge is 0.308 e. The Bertz CT molecular complexity index is 986. The fourth-order valence-electron chi connectivity index (χ4n) is 9.26. The van der Waals surface area contributed by atoms with Gasteiger partial charge in [-0.15, -0.1) is 0 Å². The van der Waals surface area contributed by atoms with Gasteiger partial charge in [-0.05, 0) is 67.6 Å². The van der Waals surface area contributed by atoms with E-state index in [4.69, 9.17) is 4.74 Å². The predicted molar refractivity (Wildman–Crippen MR) is 139 cm³/mol. The number of ether oxygens (including phenoxy) is 1. The van der Waals surface area contributed by atoms with Crippen LogP contribution in [-0.4, -0.2) is 24.6 Å². The molecule has 0 aromatic carbocycles. The Morgan fingerprint density at radius 2 is 1.66 bits per heavy atom. The monoisotopic (exact) mass is 482 g/mol. The largest absolute Gasteiger partial charge is 0.469 e. The first-order chi connectivity index (χ1) is 16.3. The summed E-state index contributed by atoms with van der Waals surface area (Å²) in [6, 6.07) is 0. The Balaban J connectivity index is 1.66. The van der Waals surface area contributed by atoms with E-state index in [-0.39, 0.29) is 45.8 Å². The van der Waals surface area contributed by atoms with E-state index in [0.29, 0.717) is 24.5 Å². The van der Waals surface area contributed by atoms with Crippen LogP contribution in [0.1, 0.15) is 106 Å². The molecule has 4 heteroatoms. The lowest BCUT2D eigenvalue weighted by Gasteiger charge is -2.55. The average molecular weight is 483 g/mol. The van der Waals surface area contributed by atoms with Crippen molar-refractivity contribution in [2.24, 2.45) is 39.4 Å². The molecule has 4 rings (SSSR count). The third kappa shape index (κ3) is 3.63. The normalized spacial score (nSPS) is 37.7. The molecule has 0 bridgehead atoms. The Morgan fingerprint density at radius 3 is 2.31 bits per heavy atom. The van der Waals surface area contributed by atoms with Crippen molar-refractivity contribution in [3.05, 3.63) is 23.3 Å². The van der Waals surface area contributed by atoms with Crippen LogP contribution >= 0.6 is 0 Å². The fourth-order valence-corrected chi connectivity index (χ4v) is 9.26. The van der Waals surface area contributed by atoms with Crippen LogP contribution in [0, 0.1) is 39.4 Å². The molecule has 4 aliphatic carbocycles. The van der Waals surface area contributed by atoms with E-state index in [1.165, 1.54) is 12.7 Å². The number of fused-ring (bicyclic) bond motifs is 3. The van der Waals surface area contributed by atoms with Gasteiger partial charge in [-0.1, -0.05) is 64.8 Å². The molecule has 0 aromatic rings. The molecule has 0 aliphatic heterocycles. The van der Waals surface area contributed by atoms with Gasteiger partial charge >= 0.3 is 5.97 Å². The lowest BCUT2D eigenvalue weighted by Crippen LogP contribution is -2.50. The van der Waals surface area contributed by atoms with Crippen LogP contribution in [0.4, 0.5) is 0 Å². The van der Waals surface area contributed by atoms with Gasteiger partial charge in [0.1, 0.15) is 11.6 Å². The summed E-state index contributed by atoms with van der Waals surface area (Å²) in [6.45, 7) is 17.9. The highest BCUT2D eigenvalue weighted by atomic mass is 16.5. The molecule has 1 spiro atoms. The molecule has 0 amide bonds. The Labute approximate surface area is 212 Å². The summed E-state index contributed by atoms with van der Waals surface area (Å²) in [4.78, 5) is 37.7. The van der Waals surface area contributed by atoms with Crippen molar-refractivity contribution >= 4 is 17.5 Å². The molecule has 194 valence electrons. The van der Waals surface area contributed by atoms with Crippen LogP contribution in [0.5, 0.6) is 0 Å². The lowest BCUT2D eigenvalue weighted by molar-refractivity contribution is -0.146. The third-order valence-electron chi connectivity index (χ3n) is 11.5. The second-order valence-electron chi connectivity index (χ2n) is 13.3. The van der Waals surface area contributed by atoms with E-state index < -0.39 is 5.92 Å². The van der Waals surface area contributed by atoms with E-state index in [9.17, 15) is 14.4 Å². The zero-order valence-electron chi connectivity index (χ0n) is 23.1. The highest BCUT2D eigenvalue weighted by Gasteiger charge is 2.64. The van der Waals surface area contributed by atoms with E-state index in [0.717, 1.165) is 44.9 Å². The van der Waals surface area contributed by atoms with Gasteiger partial charge in [0.15, 0.2) is 0 Å². The Morgan fingerprint density at radius 1 is 0.971 bits per heavy atom. The molecular weight excluding hydrogens is 436 g/mol. The summed E-state index contributed by atoms with van der Waals surface area (Å²) in [6.07, 6.45) is 8.81. The molecule has 0 radical (unpaired) electrons. The summed E-state index contributed by atoms with van der Waals surface area (Å²) in [5, 5.41) is 0. The molecule has 4 aliphatic rings. The van der Waals surface area contributed by atoms with Gasteiger partial charge in [0.25, 0.3) is 0 Å². The van der Waals surface area contributed by atoms with Gasteiger partial charge in [-0.25, -0.2) is 0 Å². The van der Waals surface area contributed by atoms with Crippen LogP contribution in [0.2, 0.25) is 0 Å². The van der Waals surface area contributed by atoms with Crippen LogP contribution < -0.4 is 0 Å². The quantitative estimate of drug-likeness (QED) is 0.301. The molecule has 0 N–H and O–H groups in total. The lowest BCUT2D eigenvalue weighted by atomic mass is 9.48. The second-order valence-corrected chi connectivity index (χ2v) is 13.3. The maximum atomic E-state index is 13.0. The molecule has 0 saturated heterocycles. The van der Waals surface area contributed by atoms with E-state index in [1.54, 1.807) is 18.1 Å². The molecule has 2 fully saturated rings.